The molecule has 6 rings (SSSR count). The van der Waals surface area contributed by atoms with E-state index in [-0.39, 0.29) is 10.8 Å². The van der Waals surface area contributed by atoms with Crippen LogP contribution < -0.4 is 14.5 Å². The van der Waals surface area contributed by atoms with Gasteiger partial charge in [0.25, 0.3) is 0 Å². The molecule has 3 aromatic carbocycles. The van der Waals surface area contributed by atoms with Crippen LogP contribution in [0.3, 0.4) is 0 Å². The molecule has 2 fully saturated rings. The number of benzene rings is 3. The summed E-state index contributed by atoms with van der Waals surface area (Å²) in [7, 11) is 3.01. The fourth-order valence-electron chi connectivity index (χ4n) is 6.44. The molecule has 224 valence electrons. The van der Waals surface area contributed by atoms with Gasteiger partial charge in [0.15, 0.2) is 0 Å². The van der Waals surface area contributed by atoms with Gasteiger partial charge in [-0.25, -0.2) is 4.79 Å². The molecule has 43 heavy (non-hydrogen) atoms. The Labute approximate surface area is 254 Å². The number of esters is 1. The zero-order valence-electron chi connectivity index (χ0n) is 24.5. The normalized spacial score (nSPS) is 16.7. The van der Waals surface area contributed by atoms with E-state index in [1.807, 2.05) is 70.1 Å². The molecule has 0 radical (unpaired) electrons. The second-order valence-corrected chi connectivity index (χ2v) is 12.2. The standard InChI is InChI=1S/C33H36N4O5S/c1-41-27-13-11-26(12-14-27)37-23-35(22-24-7-5-8-25(21-24)30(38)42-2)31(39)33(37)15-19-34(20-16-33)17-6-18-36-28-9-3-4-10-29(28)43-32(36)40/h3-5,7-14,21H,6,15-20,22-23H2,1-2H3. The summed E-state index contributed by atoms with van der Waals surface area (Å²) in [5, 5.41) is 0. The smallest absolute Gasteiger partial charge is 0.337 e. The summed E-state index contributed by atoms with van der Waals surface area (Å²) in [5.41, 5.74) is 2.69. The summed E-state index contributed by atoms with van der Waals surface area (Å²) in [6.45, 7) is 4.01. The first-order valence-electron chi connectivity index (χ1n) is 14.6. The van der Waals surface area contributed by atoms with Crippen molar-refractivity contribution in [2.24, 2.45) is 0 Å². The second-order valence-electron chi connectivity index (χ2n) is 11.2. The summed E-state index contributed by atoms with van der Waals surface area (Å²) in [5.74, 6) is 0.491. The first-order valence-corrected chi connectivity index (χ1v) is 15.4. The minimum absolute atomic E-state index is 0.0858. The minimum Gasteiger partial charge on any atom is -0.497 e. The van der Waals surface area contributed by atoms with Crippen LogP contribution in [0.5, 0.6) is 5.75 Å². The van der Waals surface area contributed by atoms with Crippen LogP contribution in [0.2, 0.25) is 0 Å². The van der Waals surface area contributed by atoms with Crippen LogP contribution >= 0.6 is 11.3 Å². The Kier molecular flexibility index (Phi) is 8.23. The van der Waals surface area contributed by atoms with Crippen molar-refractivity contribution in [3.8, 4) is 5.75 Å². The fourth-order valence-corrected chi connectivity index (χ4v) is 7.35. The number of methoxy groups -OCH3 is 2. The lowest BCUT2D eigenvalue weighted by atomic mass is 9.85. The van der Waals surface area contributed by atoms with Gasteiger partial charge in [0, 0.05) is 31.9 Å². The van der Waals surface area contributed by atoms with Crippen molar-refractivity contribution in [1.29, 1.82) is 0 Å². The number of rotatable bonds is 9. The number of thiazole rings is 1. The molecule has 0 bridgehead atoms. The van der Waals surface area contributed by atoms with Gasteiger partial charge in [-0.05, 0) is 79.9 Å². The molecule has 0 N–H and O–H groups in total. The van der Waals surface area contributed by atoms with E-state index in [2.05, 4.69) is 9.80 Å². The van der Waals surface area contributed by atoms with E-state index in [0.717, 1.165) is 53.3 Å². The first-order chi connectivity index (χ1) is 20.9. The number of hydrogen-bond donors (Lipinski definition) is 0. The third-order valence-electron chi connectivity index (χ3n) is 8.73. The largest absolute Gasteiger partial charge is 0.497 e. The maximum absolute atomic E-state index is 14.2. The van der Waals surface area contributed by atoms with E-state index >= 15 is 0 Å². The lowest BCUT2D eigenvalue weighted by molar-refractivity contribution is -0.134. The summed E-state index contributed by atoms with van der Waals surface area (Å²) in [6.07, 6.45) is 2.28. The lowest BCUT2D eigenvalue weighted by Crippen LogP contribution is -2.56. The number of aromatic nitrogens is 1. The van der Waals surface area contributed by atoms with Crippen molar-refractivity contribution in [3.63, 3.8) is 0 Å². The average molecular weight is 601 g/mol. The monoisotopic (exact) mass is 600 g/mol. The summed E-state index contributed by atoms with van der Waals surface area (Å²) < 4.78 is 13.2. The van der Waals surface area contributed by atoms with E-state index in [1.54, 1.807) is 19.2 Å². The molecule has 0 unspecified atom stereocenters. The summed E-state index contributed by atoms with van der Waals surface area (Å²) >= 11 is 1.30. The van der Waals surface area contributed by atoms with Gasteiger partial charge in [-0.1, -0.05) is 35.6 Å². The maximum Gasteiger partial charge on any atom is 0.337 e. The molecule has 1 spiro atoms. The third-order valence-corrected chi connectivity index (χ3v) is 9.69. The van der Waals surface area contributed by atoms with Gasteiger partial charge in [-0.2, -0.15) is 0 Å². The first kappa shape index (κ1) is 28.9. The van der Waals surface area contributed by atoms with Crippen molar-refractivity contribution in [2.45, 2.75) is 37.9 Å². The predicted octanol–water partition coefficient (Wildman–Crippen LogP) is 4.59. The highest BCUT2D eigenvalue weighted by atomic mass is 32.1. The van der Waals surface area contributed by atoms with Gasteiger partial charge in [-0.3, -0.25) is 14.2 Å². The van der Waals surface area contributed by atoms with Gasteiger partial charge in [-0.15, -0.1) is 0 Å². The number of carbonyl (C=O) groups excluding carboxylic acids is 2. The van der Waals surface area contributed by atoms with Gasteiger partial charge in [0.1, 0.15) is 11.3 Å². The van der Waals surface area contributed by atoms with Crippen LogP contribution in [0.1, 0.15) is 35.2 Å². The van der Waals surface area contributed by atoms with E-state index < -0.39 is 11.5 Å². The number of fused-ring (bicyclic) bond motifs is 1. The predicted molar refractivity (Wildman–Crippen MR) is 168 cm³/mol. The van der Waals surface area contributed by atoms with Gasteiger partial charge >= 0.3 is 10.8 Å². The topological polar surface area (TPSA) is 84.3 Å². The second kappa shape index (κ2) is 12.2. The third kappa shape index (κ3) is 5.64. The molecule has 0 saturated carbocycles. The van der Waals surface area contributed by atoms with Crippen LogP contribution in [0.25, 0.3) is 10.2 Å². The number of para-hydroxylation sites is 1. The Morgan fingerprint density at radius 1 is 0.930 bits per heavy atom. The molecule has 1 amide bonds. The number of hydrogen-bond acceptors (Lipinski definition) is 8. The molecular weight excluding hydrogens is 564 g/mol. The van der Waals surface area contributed by atoms with E-state index in [1.165, 1.54) is 18.4 Å². The molecule has 4 aromatic rings. The average Bonchev–Trinajstić information content (AvgIpc) is 3.50. The molecule has 0 atom stereocenters. The van der Waals surface area contributed by atoms with Crippen LogP contribution in [-0.4, -0.2) is 72.3 Å². The number of aryl methyl sites for hydroxylation is 1. The number of carbonyl (C=O) groups is 2. The summed E-state index contributed by atoms with van der Waals surface area (Å²) in [6, 6.07) is 23.1. The van der Waals surface area contributed by atoms with E-state index in [4.69, 9.17) is 9.47 Å². The highest BCUT2D eigenvalue weighted by Crippen LogP contribution is 2.40. The Morgan fingerprint density at radius 2 is 1.70 bits per heavy atom. The maximum atomic E-state index is 14.2. The number of ether oxygens (including phenoxy) is 2. The van der Waals surface area contributed by atoms with Crippen molar-refractivity contribution in [3.05, 3.63) is 93.6 Å². The van der Waals surface area contributed by atoms with Crippen molar-refractivity contribution >= 4 is 39.1 Å². The Bertz CT molecular complexity index is 1670. The fraction of sp³-hybridized carbons (Fsp3) is 0.364. The molecule has 2 aliphatic heterocycles. The van der Waals surface area contributed by atoms with E-state index in [9.17, 15) is 14.4 Å². The Hall–Kier alpha value is -4.15. The number of nitrogens with zero attached hydrogens (tertiary/aromatic N) is 4. The SMILES string of the molecule is COC(=O)c1cccc(CN2CN(c3ccc(OC)cc3)C3(CCN(CCCn4c(=O)sc5ccccc54)CC3)C2=O)c1. The number of piperidine rings is 1. The molecule has 3 heterocycles. The molecule has 0 aliphatic carbocycles. The summed E-state index contributed by atoms with van der Waals surface area (Å²) in [4.78, 5) is 45.5. The Balaban J connectivity index is 1.17. The Morgan fingerprint density at radius 3 is 2.44 bits per heavy atom. The highest BCUT2D eigenvalue weighted by molar-refractivity contribution is 7.16. The van der Waals surface area contributed by atoms with Crippen molar-refractivity contribution < 1.29 is 19.1 Å². The minimum atomic E-state index is -0.647. The number of likely N-dealkylation sites (tertiary alicyclic amines) is 1. The lowest BCUT2D eigenvalue weighted by Gasteiger charge is -2.43. The van der Waals surface area contributed by atoms with Gasteiger partial charge in [0.2, 0.25) is 5.91 Å². The molecule has 2 saturated heterocycles. The zero-order valence-corrected chi connectivity index (χ0v) is 25.3. The van der Waals surface area contributed by atoms with Gasteiger partial charge in [0.05, 0.1) is 36.7 Å². The molecule has 9 nitrogen and oxygen atoms in total. The van der Waals surface area contributed by atoms with E-state index in [0.29, 0.717) is 38.2 Å². The van der Waals surface area contributed by atoms with Crippen LogP contribution in [-0.2, 0) is 22.6 Å². The van der Waals surface area contributed by atoms with Crippen LogP contribution in [0.4, 0.5) is 5.69 Å². The van der Waals surface area contributed by atoms with Crippen LogP contribution in [0, 0.1) is 0 Å². The van der Waals surface area contributed by atoms with Crippen molar-refractivity contribution in [2.75, 3.05) is 45.4 Å². The molecular formula is C33H36N4O5S. The van der Waals surface area contributed by atoms with Crippen molar-refractivity contribution in [1.82, 2.24) is 14.4 Å². The quantitative estimate of drug-likeness (QED) is 0.260. The molecule has 2 aliphatic rings. The highest BCUT2D eigenvalue weighted by Gasteiger charge is 2.53. The zero-order chi connectivity index (χ0) is 30.0. The van der Waals surface area contributed by atoms with Crippen LogP contribution in [0.15, 0.2) is 77.6 Å². The number of anilines is 1. The number of amides is 1. The van der Waals surface area contributed by atoms with Gasteiger partial charge < -0.3 is 24.2 Å². The molecule has 10 heteroatoms. The molecule has 1 aromatic heterocycles.